The summed E-state index contributed by atoms with van der Waals surface area (Å²) in [6.45, 7) is 9.62. The van der Waals surface area contributed by atoms with Crippen LogP contribution in [0.2, 0.25) is 0 Å². The smallest absolute Gasteiger partial charge is 0.232 e. The fraction of sp³-hybridized carbons (Fsp3) is 1.00. The van der Waals surface area contributed by atoms with E-state index in [0.717, 1.165) is 12.5 Å². The van der Waals surface area contributed by atoms with Crippen molar-refractivity contribution in [3.05, 3.63) is 0 Å². The third-order valence-electron chi connectivity index (χ3n) is 4.34. The lowest BCUT2D eigenvalue weighted by Crippen LogP contribution is -2.31. The second-order valence-electron chi connectivity index (χ2n) is 7.44. The molecule has 0 aromatic heterocycles. The molecule has 3 nitrogen and oxygen atoms in total. The Morgan fingerprint density at radius 3 is 2.45 bits per heavy atom. The van der Waals surface area contributed by atoms with Crippen molar-refractivity contribution in [1.82, 2.24) is 0 Å². The number of hydrogen-bond donors (Lipinski definition) is 0. The minimum atomic E-state index is -3.48. The zero-order valence-corrected chi connectivity index (χ0v) is 14.8. The highest BCUT2D eigenvalue weighted by Crippen LogP contribution is 2.31. The van der Waals surface area contributed by atoms with Crippen LogP contribution in [-0.2, 0) is 13.8 Å². The largest absolute Gasteiger partial charge is 0.381 e. The topological polar surface area (TPSA) is 43.4 Å². The minimum absolute atomic E-state index is 0.0148. The molecule has 1 aliphatic carbocycles. The van der Waals surface area contributed by atoms with E-state index >= 15 is 0 Å². The van der Waals surface area contributed by atoms with E-state index in [1.54, 1.807) is 0 Å². The summed E-state index contributed by atoms with van der Waals surface area (Å²) in [7, 11) is 1.92. The molecule has 120 valence electrons. The van der Waals surface area contributed by atoms with Crippen LogP contribution in [-0.4, -0.2) is 27.4 Å². The average molecular weight is 325 g/mol. The molecule has 1 fully saturated rings. The number of hydrogen-bond acceptors (Lipinski definition) is 3. The molecule has 0 bridgehead atoms. The van der Waals surface area contributed by atoms with Crippen molar-refractivity contribution in [1.29, 1.82) is 0 Å². The highest BCUT2D eigenvalue weighted by Gasteiger charge is 2.29. The lowest BCUT2D eigenvalue weighted by molar-refractivity contribution is 0.0320. The van der Waals surface area contributed by atoms with Crippen molar-refractivity contribution in [2.75, 3.05) is 19.0 Å². The Balaban J connectivity index is 2.42. The van der Waals surface area contributed by atoms with E-state index in [9.17, 15) is 8.42 Å². The van der Waals surface area contributed by atoms with Crippen LogP contribution in [0.25, 0.3) is 0 Å². The van der Waals surface area contributed by atoms with Crippen LogP contribution in [0.1, 0.15) is 53.4 Å². The third kappa shape index (κ3) is 7.28. The van der Waals surface area contributed by atoms with Crippen molar-refractivity contribution in [3.63, 3.8) is 0 Å². The molecule has 0 saturated heterocycles. The summed E-state index contributed by atoms with van der Waals surface area (Å²) in [6, 6.07) is 0. The molecule has 1 aliphatic rings. The van der Waals surface area contributed by atoms with Crippen LogP contribution in [0, 0.1) is 23.2 Å². The van der Waals surface area contributed by atoms with Gasteiger partial charge in [-0.1, -0.05) is 40.5 Å². The molecule has 1 saturated carbocycles. The van der Waals surface area contributed by atoms with Crippen molar-refractivity contribution in [2.45, 2.75) is 53.4 Å². The van der Waals surface area contributed by atoms with Gasteiger partial charge in [-0.25, -0.2) is 8.42 Å². The summed E-state index contributed by atoms with van der Waals surface area (Å²) in [5, 5.41) is 0. The fourth-order valence-electron chi connectivity index (χ4n) is 2.88. The van der Waals surface area contributed by atoms with E-state index in [4.69, 9.17) is 15.4 Å². The van der Waals surface area contributed by atoms with Crippen LogP contribution >= 0.6 is 10.7 Å². The van der Waals surface area contributed by atoms with Gasteiger partial charge in [0.2, 0.25) is 9.05 Å². The highest BCUT2D eigenvalue weighted by atomic mass is 35.7. The molecule has 3 atom stereocenters. The molecule has 0 aliphatic heterocycles. The van der Waals surface area contributed by atoms with Crippen LogP contribution in [0.3, 0.4) is 0 Å². The Labute approximate surface area is 128 Å². The first-order chi connectivity index (χ1) is 9.08. The summed E-state index contributed by atoms with van der Waals surface area (Å²) < 4.78 is 28.4. The Kier molecular flexibility index (Phi) is 6.81. The van der Waals surface area contributed by atoms with Gasteiger partial charge in [-0.3, -0.25) is 0 Å². The van der Waals surface area contributed by atoms with Gasteiger partial charge >= 0.3 is 0 Å². The molecule has 1 rings (SSSR count). The molecule has 0 aromatic carbocycles. The van der Waals surface area contributed by atoms with Crippen LogP contribution in [0.4, 0.5) is 0 Å². The van der Waals surface area contributed by atoms with Gasteiger partial charge in [-0.2, -0.15) is 0 Å². The number of halogens is 1. The fourth-order valence-corrected chi connectivity index (χ4v) is 4.41. The zero-order chi connectivity index (χ0) is 15.4. The van der Waals surface area contributed by atoms with E-state index in [1.165, 1.54) is 25.7 Å². The summed E-state index contributed by atoms with van der Waals surface area (Å²) in [4.78, 5) is 0. The second kappa shape index (κ2) is 7.46. The molecule has 0 spiro atoms. The Morgan fingerprint density at radius 2 is 1.95 bits per heavy atom. The zero-order valence-electron chi connectivity index (χ0n) is 13.2. The minimum Gasteiger partial charge on any atom is -0.381 e. The Hall–Kier alpha value is 0.200. The molecule has 0 N–H and O–H groups in total. The normalized spacial score (nSPS) is 26.4. The summed E-state index contributed by atoms with van der Waals surface area (Å²) in [5.41, 5.74) is -0.123. The highest BCUT2D eigenvalue weighted by molar-refractivity contribution is 8.13. The molecule has 3 unspecified atom stereocenters. The molecule has 0 aromatic rings. The number of rotatable bonds is 6. The van der Waals surface area contributed by atoms with Gasteiger partial charge in [0, 0.05) is 23.2 Å². The van der Waals surface area contributed by atoms with Gasteiger partial charge in [0.15, 0.2) is 0 Å². The maximum absolute atomic E-state index is 11.3. The van der Waals surface area contributed by atoms with Gasteiger partial charge in [0.05, 0.1) is 12.4 Å². The van der Waals surface area contributed by atoms with Gasteiger partial charge in [-0.05, 0) is 30.1 Å². The summed E-state index contributed by atoms with van der Waals surface area (Å²) >= 11 is 0. The Morgan fingerprint density at radius 1 is 1.30 bits per heavy atom. The summed E-state index contributed by atoms with van der Waals surface area (Å²) in [6.07, 6.45) is 5.08. The molecule has 20 heavy (non-hydrogen) atoms. The Bertz CT molecular complexity index is 386. The van der Waals surface area contributed by atoms with Gasteiger partial charge in [-0.15, -0.1) is 0 Å². The van der Waals surface area contributed by atoms with Crippen LogP contribution < -0.4 is 0 Å². The van der Waals surface area contributed by atoms with E-state index in [2.05, 4.69) is 6.92 Å². The lowest BCUT2D eigenvalue weighted by Gasteiger charge is -2.31. The summed E-state index contributed by atoms with van der Waals surface area (Å²) in [5.74, 6) is 1.34. The monoisotopic (exact) mass is 324 g/mol. The van der Waals surface area contributed by atoms with Gasteiger partial charge < -0.3 is 4.74 Å². The molecule has 0 heterocycles. The first kappa shape index (κ1) is 18.2. The predicted octanol–water partition coefficient (Wildman–Crippen LogP) is 4.06. The molecule has 0 amide bonds. The van der Waals surface area contributed by atoms with Gasteiger partial charge in [0.25, 0.3) is 0 Å². The van der Waals surface area contributed by atoms with E-state index in [0.29, 0.717) is 12.5 Å². The van der Waals surface area contributed by atoms with Crippen molar-refractivity contribution >= 4 is 19.7 Å². The third-order valence-corrected chi connectivity index (χ3v) is 5.52. The van der Waals surface area contributed by atoms with Crippen molar-refractivity contribution in [3.8, 4) is 0 Å². The van der Waals surface area contributed by atoms with E-state index in [1.807, 2.05) is 20.8 Å². The second-order valence-corrected chi connectivity index (χ2v) is 10.3. The first-order valence-corrected chi connectivity index (χ1v) is 10.1. The average Bonchev–Trinajstić information content (AvgIpc) is 2.25. The van der Waals surface area contributed by atoms with Crippen molar-refractivity contribution in [2.24, 2.45) is 23.2 Å². The van der Waals surface area contributed by atoms with Crippen LogP contribution in [0.5, 0.6) is 0 Å². The van der Waals surface area contributed by atoms with E-state index < -0.39 is 9.05 Å². The molecule has 0 radical (unpaired) electrons. The quantitative estimate of drug-likeness (QED) is 0.692. The maximum atomic E-state index is 11.3. The molecular formula is C15H29ClO3S. The maximum Gasteiger partial charge on any atom is 0.232 e. The van der Waals surface area contributed by atoms with Crippen LogP contribution in [0.15, 0.2) is 0 Å². The molecule has 5 heteroatoms. The lowest BCUT2D eigenvalue weighted by atomic mass is 9.82. The standard InChI is InChI=1S/C15H29ClO3S/c1-12-6-5-7-13(8-12)9-19-10-14(15(2,3)4)11-20(16,17)18/h12-14H,5-11H2,1-4H3. The SMILES string of the molecule is CC1CCCC(COCC(CS(=O)(=O)Cl)C(C)(C)C)C1. The molecular weight excluding hydrogens is 296 g/mol. The van der Waals surface area contributed by atoms with Gasteiger partial charge in [0.1, 0.15) is 0 Å². The first-order valence-electron chi connectivity index (χ1n) is 7.58. The van der Waals surface area contributed by atoms with Crippen molar-refractivity contribution < 1.29 is 13.2 Å². The number of ether oxygens (including phenoxy) is 1. The predicted molar refractivity (Wildman–Crippen MR) is 84.5 cm³/mol. The van der Waals surface area contributed by atoms with E-state index in [-0.39, 0.29) is 17.1 Å².